The minimum atomic E-state index is 0.171. The second-order valence-electron chi connectivity index (χ2n) is 7.42. The average molecular weight is 298 g/mol. The lowest BCUT2D eigenvalue weighted by molar-refractivity contribution is 0.220. The van der Waals surface area contributed by atoms with Crippen molar-refractivity contribution in [3.63, 3.8) is 0 Å². The Bertz CT molecular complexity index is 428. The van der Waals surface area contributed by atoms with Gasteiger partial charge in [0, 0.05) is 18.5 Å². The van der Waals surface area contributed by atoms with Gasteiger partial charge in [-0.3, -0.25) is 4.68 Å². The summed E-state index contributed by atoms with van der Waals surface area (Å²) in [7, 11) is 2.01. The first-order chi connectivity index (χ1) is 9.28. The highest BCUT2D eigenvalue weighted by Crippen LogP contribution is 2.42. The molecule has 1 aromatic heterocycles. The van der Waals surface area contributed by atoms with Gasteiger partial charge in [-0.15, -0.1) is 0 Å². The molecule has 1 fully saturated rings. The minimum absolute atomic E-state index is 0.171. The van der Waals surface area contributed by atoms with Crippen LogP contribution in [-0.4, -0.2) is 21.9 Å². The fourth-order valence-electron chi connectivity index (χ4n) is 3.30. The lowest BCUT2D eigenvalue weighted by Crippen LogP contribution is -2.41. The van der Waals surface area contributed by atoms with Crippen LogP contribution in [0.25, 0.3) is 0 Å². The molecule has 0 amide bonds. The molecule has 4 heteroatoms. The van der Waals surface area contributed by atoms with Crippen LogP contribution < -0.4 is 5.32 Å². The maximum Gasteiger partial charge on any atom is 0.0820 e. The summed E-state index contributed by atoms with van der Waals surface area (Å²) in [5.74, 6) is 1.95. The first kappa shape index (κ1) is 15.8. The van der Waals surface area contributed by atoms with Gasteiger partial charge in [0.25, 0.3) is 0 Å². The Morgan fingerprint density at radius 1 is 1.40 bits per heavy atom. The van der Waals surface area contributed by atoms with E-state index in [4.69, 9.17) is 11.6 Å². The van der Waals surface area contributed by atoms with Gasteiger partial charge in [-0.05, 0) is 52.0 Å². The van der Waals surface area contributed by atoms with E-state index in [2.05, 4.69) is 38.1 Å². The lowest BCUT2D eigenvalue weighted by atomic mass is 9.73. The minimum Gasteiger partial charge on any atom is -0.312 e. The van der Waals surface area contributed by atoms with Crippen LogP contribution in [0.5, 0.6) is 0 Å². The summed E-state index contributed by atoms with van der Waals surface area (Å²) < 4.78 is 1.97. The predicted octanol–water partition coefficient (Wildman–Crippen LogP) is 3.98. The van der Waals surface area contributed by atoms with Gasteiger partial charge < -0.3 is 5.32 Å². The Kier molecular flexibility index (Phi) is 4.80. The van der Waals surface area contributed by atoms with Crippen molar-refractivity contribution < 1.29 is 0 Å². The van der Waals surface area contributed by atoms with Crippen LogP contribution in [0.1, 0.15) is 58.6 Å². The third-order valence-electron chi connectivity index (χ3n) is 4.44. The number of aryl methyl sites for hydroxylation is 1. The van der Waals surface area contributed by atoms with E-state index < -0.39 is 0 Å². The summed E-state index contributed by atoms with van der Waals surface area (Å²) in [5, 5.41) is 8.81. The Balaban J connectivity index is 2.17. The molecule has 1 aliphatic carbocycles. The largest absolute Gasteiger partial charge is 0.312 e. The van der Waals surface area contributed by atoms with E-state index in [9.17, 15) is 0 Å². The summed E-state index contributed by atoms with van der Waals surface area (Å²) in [6, 6.07) is 0. The van der Waals surface area contributed by atoms with Crippen LogP contribution in [0.3, 0.4) is 0 Å². The molecular weight excluding hydrogens is 270 g/mol. The molecule has 3 atom stereocenters. The van der Waals surface area contributed by atoms with Crippen LogP contribution >= 0.6 is 11.6 Å². The highest BCUT2D eigenvalue weighted by molar-refractivity contribution is 6.31. The van der Waals surface area contributed by atoms with Gasteiger partial charge in [-0.2, -0.15) is 5.10 Å². The average Bonchev–Trinajstić information content (AvgIpc) is 2.66. The highest BCUT2D eigenvalue weighted by Gasteiger charge is 2.33. The second kappa shape index (κ2) is 6.07. The van der Waals surface area contributed by atoms with Crippen molar-refractivity contribution >= 4 is 11.6 Å². The molecule has 1 heterocycles. The maximum absolute atomic E-state index is 6.38. The topological polar surface area (TPSA) is 29.9 Å². The van der Waals surface area contributed by atoms with Crippen molar-refractivity contribution in [3.8, 4) is 0 Å². The molecule has 0 aliphatic heterocycles. The number of aromatic nitrogens is 2. The molecule has 114 valence electrons. The van der Waals surface area contributed by atoms with Gasteiger partial charge in [0.1, 0.15) is 0 Å². The molecule has 3 nitrogen and oxygen atoms in total. The molecule has 0 spiro atoms. The maximum atomic E-state index is 6.38. The van der Waals surface area contributed by atoms with Crippen molar-refractivity contribution in [2.24, 2.45) is 18.9 Å². The second-order valence-corrected chi connectivity index (χ2v) is 7.82. The standard InChI is InChI=1S/C16H28ClN3/c1-11-6-7-12(9-18-16(2,3)4)13(8-11)15-14(17)10-19-20(15)5/h10-13,18H,6-9H2,1-5H3. The summed E-state index contributed by atoms with van der Waals surface area (Å²) >= 11 is 6.38. The van der Waals surface area contributed by atoms with Gasteiger partial charge in [0.05, 0.1) is 16.9 Å². The number of rotatable bonds is 3. The molecule has 20 heavy (non-hydrogen) atoms. The molecule has 0 radical (unpaired) electrons. The molecule has 1 saturated carbocycles. The SMILES string of the molecule is CC1CCC(CNC(C)(C)C)C(c2c(Cl)cnn2C)C1. The Hall–Kier alpha value is -0.540. The number of nitrogens with zero attached hydrogens (tertiary/aromatic N) is 2. The normalized spacial score (nSPS) is 27.8. The molecule has 2 rings (SSSR count). The number of hydrogen-bond acceptors (Lipinski definition) is 2. The summed E-state index contributed by atoms with van der Waals surface area (Å²) in [4.78, 5) is 0. The summed E-state index contributed by atoms with van der Waals surface area (Å²) in [6.45, 7) is 10.1. The van der Waals surface area contributed by atoms with E-state index in [-0.39, 0.29) is 5.54 Å². The zero-order valence-corrected chi connectivity index (χ0v) is 14.2. The Labute approximate surface area is 128 Å². The van der Waals surface area contributed by atoms with Gasteiger partial charge in [0.15, 0.2) is 0 Å². The molecule has 0 bridgehead atoms. The van der Waals surface area contributed by atoms with Gasteiger partial charge in [-0.25, -0.2) is 0 Å². The van der Waals surface area contributed by atoms with E-state index in [0.717, 1.165) is 17.5 Å². The third kappa shape index (κ3) is 3.76. The van der Waals surface area contributed by atoms with E-state index in [1.54, 1.807) is 6.20 Å². The fourth-order valence-corrected chi connectivity index (χ4v) is 3.60. The number of hydrogen-bond donors (Lipinski definition) is 1. The van der Waals surface area contributed by atoms with E-state index in [0.29, 0.717) is 11.8 Å². The van der Waals surface area contributed by atoms with E-state index in [1.165, 1.54) is 25.0 Å². The molecule has 1 aromatic rings. The molecule has 1 N–H and O–H groups in total. The molecule has 3 unspecified atom stereocenters. The monoisotopic (exact) mass is 297 g/mol. The van der Waals surface area contributed by atoms with Crippen molar-refractivity contribution in [3.05, 3.63) is 16.9 Å². The smallest absolute Gasteiger partial charge is 0.0820 e. The molecule has 1 aliphatic rings. The fraction of sp³-hybridized carbons (Fsp3) is 0.812. The van der Waals surface area contributed by atoms with Crippen molar-refractivity contribution in [2.45, 2.75) is 58.4 Å². The molecule has 0 saturated heterocycles. The molecular formula is C16H28ClN3. The van der Waals surface area contributed by atoms with E-state index >= 15 is 0 Å². The number of nitrogens with one attached hydrogen (secondary N) is 1. The van der Waals surface area contributed by atoms with Crippen LogP contribution in [-0.2, 0) is 7.05 Å². The predicted molar refractivity (Wildman–Crippen MR) is 85.2 cm³/mol. The van der Waals surface area contributed by atoms with E-state index in [1.807, 2.05) is 11.7 Å². The Morgan fingerprint density at radius 3 is 2.65 bits per heavy atom. The zero-order valence-electron chi connectivity index (χ0n) is 13.4. The summed E-state index contributed by atoms with van der Waals surface area (Å²) in [6.07, 6.45) is 5.60. The quantitative estimate of drug-likeness (QED) is 0.914. The van der Waals surface area contributed by atoms with Crippen LogP contribution in [0.4, 0.5) is 0 Å². The van der Waals surface area contributed by atoms with Crippen molar-refractivity contribution in [2.75, 3.05) is 6.54 Å². The van der Waals surface area contributed by atoms with Crippen LogP contribution in [0.15, 0.2) is 6.20 Å². The lowest BCUT2D eigenvalue weighted by Gasteiger charge is -2.37. The number of halogens is 1. The Morgan fingerprint density at radius 2 is 2.10 bits per heavy atom. The highest BCUT2D eigenvalue weighted by atomic mass is 35.5. The van der Waals surface area contributed by atoms with Gasteiger partial charge in [-0.1, -0.05) is 24.9 Å². The molecule has 0 aromatic carbocycles. The zero-order chi connectivity index (χ0) is 14.9. The van der Waals surface area contributed by atoms with Crippen molar-refractivity contribution in [1.29, 1.82) is 0 Å². The van der Waals surface area contributed by atoms with Crippen LogP contribution in [0.2, 0.25) is 5.02 Å². The first-order valence-corrected chi connectivity index (χ1v) is 8.08. The van der Waals surface area contributed by atoms with Crippen LogP contribution in [0, 0.1) is 11.8 Å². The first-order valence-electron chi connectivity index (χ1n) is 7.70. The van der Waals surface area contributed by atoms with Gasteiger partial charge >= 0.3 is 0 Å². The summed E-state index contributed by atoms with van der Waals surface area (Å²) in [5.41, 5.74) is 1.39. The third-order valence-corrected chi connectivity index (χ3v) is 4.73. The van der Waals surface area contributed by atoms with Gasteiger partial charge in [0.2, 0.25) is 0 Å². The van der Waals surface area contributed by atoms with Crippen molar-refractivity contribution in [1.82, 2.24) is 15.1 Å².